The van der Waals surface area contributed by atoms with Crippen molar-refractivity contribution in [3.8, 4) is 5.75 Å². The van der Waals surface area contributed by atoms with Gasteiger partial charge in [0.05, 0.1) is 6.61 Å². The molecule has 0 bridgehead atoms. The molecule has 8 nitrogen and oxygen atoms in total. The number of rotatable bonds is 11. The molecule has 2 fully saturated rings. The fourth-order valence-electron chi connectivity index (χ4n) is 4.83. The molecule has 0 aliphatic carbocycles. The number of carbonyl (C=O) groups is 1. The lowest BCUT2D eigenvalue weighted by molar-refractivity contribution is 0.0949. The molecule has 2 aromatic rings. The summed E-state index contributed by atoms with van der Waals surface area (Å²) < 4.78 is 36.2. The average Bonchev–Trinajstić information content (AvgIpc) is 3.55. The number of nitrogens with zero attached hydrogens (tertiary/aromatic N) is 4. The number of carbonyl (C=O) groups excluding carboxylic acids is 1. The number of aryl methyl sites for hydroxylation is 1. The van der Waals surface area contributed by atoms with Crippen molar-refractivity contribution in [3.63, 3.8) is 0 Å². The van der Waals surface area contributed by atoms with Crippen LogP contribution in [-0.4, -0.2) is 66.8 Å². The Hall–Kier alpha value is -2.75. The molecule has 35 heavy (non-hydrogen) atoms. The number of likely N-dealkylation sites (tertiary alicyclic amines) is 1. The van der Waals surface area contributed by atoms with Crippen molar-refractivity contribution < 1.29 is 22.8 Å². The quantitative estimate of drug-likeness (QED) is 0.471. The highest BCUT2D eigenvalue weighted by atomic mass is 19.3. The zero-order valence-electron chi connectivity index (χ0n) is 20.3. The van der Waals surface area contributed by atoms with E-state index >= 15 is 0 Å². The fourth-order valence-corrected chi connectivity index (χ4v) is 4.83. The van der Waals surface area contributed by atoms with E-state index in [9.17, 15) is 13.6 Å². The second-order valence-corrected chi connectivity index (χ2v) is 9.44. The standard InChI is InChI=1S/C25H35F2N5O3/c1-18-17-20(6-7-21(18)24(33)28-10-15-31-11-2-3-12-31)34-16-4-5-19-8-13-32(14-9-19)25-29-23(22(26)27)30-35-25/h6-7,17,19,22H,2-5,8-16H2,1H3,(H,28,33). The highest BCUT2D eigenvalue weighted by molar-refractivity contribution is 5.95. The van der Waals surface area contributed by atoms with Crippen LogP contribution in [0.1, 0.15) is 66.7 Å². The van der Waals surface area contributed by atoms with Crippen LogP contribution < -0.4 is 15.0 Å². The summed E-state index contributed by atoms with van der Waals surface area (Å²) in [5, 5.41) is 6.35. The van der Waals surface area contributed by atoms with Crippen LogP contribution in [0.5, 0.6) is 5.75 Å². The fraction of sp³-hybridized carbons (Fsp3) is 0.640. The van der Waals surface area contributed by atoms with Crippen molar-refractivity contribution in [2.75, 3.05) is 50.8 Å². The van der Waals surface area contributed by atoms with Gasteiger partial charge in [-0.1, -0.05) is 5.16 Å². The van der Waals surface area contributed by atoms with Crippen molar-refractivity contribution in [2.24, 2.45) is 5.92 Å². The van der Waals surface area contributed by atoms with Crippen LogP contribution in [0.3, 0.4) is 0 Å². The van der Waals surface area contributed by atoms with E-state index < -0.39 is 12.2 Å². The number of alkyl halides is 2. The van der Waals surface area contributed by atoms with Crippen molar-refractivity contribution in [1.29, 1.82) is 0 Å². The molecule has 3 heterocycles. The molecule has 1 amide bonds. The van der Waals surface area contributed by atoms with E-state index in [0.29, 0.717) is 24.6 Å². The molecule has 10 heteroatoms. The third-order valence-electron chi connectivity index (χ3n) is 6.89. The number of aromatic nitrogens is 2. The Morgan fingerprint density at radius 3 is 2.69 bits per heavy atom. The van der Waals surface area contributed by atoms with E-state index in [0.717, 1.165) is 69.7 Å². The second-order valence-electron chi connectivity index (χ2n) is 9.44. The normalized spacial score (nSPS) is 17.3. The summed E-state index contributed by atoms with van der Waals surface area (Å²) in [5.74, 6) is 0.740. The Labute approximate surface area is 205 Å². The number of hydrogen-bond acceptors (Lipinski definition) is 7. The lowest BCUT2D eigenvalue weighted by Gasteiger charge is -2.30. The van der Waals surface area contributed by atoms with Gasteiger partial charge in [0.1, 0.15) is 5.75 Å². The molecule has 192 valence electrons. The molecule has 4 rings (SSSR count). The summed E-state index contributed by atoms with van der Waals surface area (Å²) in [6.07, 6.45) is 3.66. The molecule has 2 aliphatic heterocycles. The van der Waals surface area contributed by atoms with Crippen LogP contribution >= 0.6 is 0 Å². The van der Waals surface area contributed by atoms with Gasteiger partial charge < -0.3 is 24.4 Å². The summed E-state index contributed by atoms with van der Waals surface area (Å²) >= 11 is 0. The Kier molecular flexibility index (Phi) is 8.90. The Bertz CT molecular complexity index is 956. The molecule has 1 aromatic carbocycles. The number of piperidine rings is 1. The first-order valence-electron chi connectivity index (χ1n) is 12.6. The zero-order chi connectivity index (χ0) is 24.6. The molecule has 0 spiro atoms. The Balaban J connectivity index is 1.13. The van der Waals surface area contributed by atoms with E-state index in [-0.39, 0.29) is 11.9 Å². The van der Waals surface area contributed by atoms with Crippen LogP contribution in [0.4, 0.5) is 14.8 Å². The van der Waals surface area contributed by atoms with Crippen LogP contribution in [0.2, 0.25) is 0 Å². The Morgan fingerprint density at radius 2 is 2.00 bits per heavy atom. The van der Waals surface area contributed by atoms with Gasteiger partial charge in [0.2, 0.25) is 5.82 Å². The highest BCUT2D eigenvalue weighted by Crippen LogP contribution is 2.27. The van der Waals surface area contributed by atoms with Crippen molar-refractivity contribution in [3.05, 3.63) is 35.2 Å². The van der Waals surface area contributed by atoms with Gasteiger partial charge in [0.15, 0.2) is 0 Å². The summed E-state index contributed by atoms with van der Waals surface area (Å²) in [6, 6.07) is 5.80. The lowest BCUT2D eigenvalue weighted by Crippen LogP contribution is -2.34. The van der Waals surface area contributed by atoms with E-state index in [1.54, 1.807) is 0 Å². The van der Waals surface area contributed by atoms with Gasteiger partial charge in [-0.3, -0.25) is 4.79 Å². The van der Waals surface area contributed by atoms with Crippen molar-refractivity contribution in [2.45, 2.75) is 51.9 Å². The maximum atomic E-state index is 12.6. The van der Waals surface area contributed by atoms with Crippen LogP contribution in [-0.2, 0) is 0 Å². The van der Waals surface area contributed by atoms with Crippen molar-refractivity contribution in [1.82, 2.24) is 20.4 Å². The highest BCUT2D eigenvalue weighted by Gasteiger charge is 2.24. The van der Waals surface area contributed by atoms with Crippen LogP contribution in [0, 0.1) is 12.8 Å². The summed E-state index contributed by atoms with van der Waals surface area (Å²) in [6.45, 7) is 7.82. The lowest BCUT2D eigenvalue weighted by atomic mass is 9.92. The molecule has 2 saturated heterocycles. The van der Waals surface area contributed by atoms with Gasteiger partial charge in [0.25, 0.3) is 5.91 Å². The van der Waals surface area contributed by atoms with Crippen LogP contribution in [0.15, 0.2) is 22.7 Å². The minimum Gasteiger partial charge on any atom is -0.494 e. The predicted octanol–water partition coefficient (Wildman–Crippen LogP) is 4.22. The minimum atomic E-state index is -2.72. The molecule has 0 saturated carbocycles. The third-order valence-corrected chi connectivity index (χ3v) is 6.89. The smallest absolute Gasteiger partial charge is 0.324 e. The molecule has 2 aliphatic rings. The number of anilines is 1. The summed E-state index contributed by atoms with van der Waals surface area (Å²) in [7, 11) is 0. The summed E-state index contributed by atoms with van der Waals surface area (Å²) in [5.41, 5.74) is 1.59. The van der Waals surface area contributed by atoms with E-state index in [2.05, 4.69) is 20.4 Å². The first-order chi connectivity index (χ1) is 17.0. The number of benzene rings is 1. The van der Waals surface area contributed by atoms with Gasteiger partial charge in [-0.15, -0.1) is 0 Å². The first-order valence-corrected chi connectivity index (χ1v) is 12.6. The van der Waals surface area contributed by atoms with Crippen LogP contribution in [0.25, 0.3) is 0 Å². The molecule has 0 radical (unpaired) electrons. The van der Waals surface area contributed by atoms with Crippen molar-refractivity contribution >= 4 is 11.9 Å². The number of ether oxygens (including phenoxy) is 1. The van der Waals surface area contributed by atoms with E-state index in [4.69, 9.17) is 9.26 Å². The SMILES string of the molecule is Cc1cc(OCCCC2CCN(c3nc(C(F)F)no3)CC2)ccc1C(=O)NCCN1CCCC1. The number of amides is 1. The maximum Gasteiger partial charge on any atom is 0.324 e. The molecule has 1 aromatic heterocycles. The molecule has 0 unspecified atom stereocenters. The van der Waals surface area contributed by atoms with Gasteiger partial charge in [-0.05, 0) is 88.2 Å². The largest absolute Gasteiger partial charge is 0.494 e. The van der Waals surface area contributed by atoms with Gasteiger partial charge in [0, 0.05) is 31.7 Å². The Morgan fingerprint density at radius 1 is 1.23 bits per heavy atom. The third kappa shape index (κ3) is 7.13. The second kappa shape index (κ2) is 12.3. The molecule has 0 atom stereocenters. The predicted molar refractivity (Wildman–Crippen MR) is 128 cm³/mol. The van der Waals surface area contributed by atoms with Gasteiger partial charge in [-0.25, -0.2) is 8.78 Å². The monoisotopic (exact) mass is 491 g/mol. The molecular formula is C25H35F2N5O3. The maximum absolute atomic E-state index is 12.6. The first kappa shape index (κ1) is 25.3. The molecular weight excluding hydrogens is 456 g/mol. The average molecular weight is 492 g/mol. The minimum absolute atomic E-state index is 0.0365. The summed E-state index contributed by atoms with van der Waals surface area (Å²) in [4.78, 5) is 20.5. The van der Waals surface area contributed by atoms with Gasteiger partial charge in [-0.2, -0.15) is 4.98 Å². The topological polar surface area (TPSA) is 83.7 Å². The zero-order valence-corrected chi connectivity index (χ0v) is 20.3. The van der Waals surface area contributed by atoms with Gasteiger partial charge >= 0.3 is 12.4 Å². The number of hydrogen-bond donors (Lipinski definition) is 1. The van der Waals surface area contributed by atoms with E-state index in [1.165, 1.54) is 12.8 Å². The molecule has 1 N–H and O–H groups in total. The van der Waals surface area contributed by atoms with E-state index in [1.807, 2.05) is 30.0 Å². The number of halogens is 2. The number of nitrogens with one attached hydrogen (secondary N) is 1.